The number of carbonyl (C=O) groups excluding carboxylic acids is 2. The summed E-state index contributed by atoms with van der Waals surface area (Å²) < 4.78 is 10.4. The second-order valence-corrected chi connectivity index (χ2v) is 6.06. The molecule has 8 heteroatoms. The molecule has 0 radical (unpaired) electrons. The molecule has 0 unspecified atom stereocenters. The van der Waals surface area contributed by atoms with Crippen LogP contribution in [0.1, 0.15) is 35.4 Å². The number of amides is 1. The predicted octanol–water partition coefficient (Wildman–Crippen LogP) is 3.92. The number of nitrogens with one attached hydrogen (secondary N) is 1. The minimum Gasteiger partial charge on any atom is -0.504 e. The monoisotopic (exact) mass is 399 g/mol. The van der Waals surface area contributed by atoms with Crippen molar-refractivity contribution in [1.82, 2.24) is 0 Å². The van der Waals surface area contributed by atoms with Gasteiger partial charge in [0.1, 0.15) is 6.10 Å². The summed E-state index contributed by atoms with van der Waals surface area (Å²) in [4.78, 5) is 34.3. The van der Waals surface area contributed by atoms with Gasteiger partial charge in [0, 0.05) is 23.7 Å². The summed E-state index contributed by atoms with van der Waals surface area (Å²) in [5.41, 5.74) is 1.40. The van der Waals surface area contributed by atoms with E-state index >= 15 is 0 Å². The molecule has 8 nitrogen and oxygen atoms in total. The largest absolute Gasteiger partial charge is 0.504 e. The van der Waals surface area contributed by atoms with E-state index in [1.807, 2.05) is 0 Å². The number of hydrogen-bond acceptors (Lipinski definition) is 6. The highest BCUT2D eigenvalue weighted by atomic mass is 16.6. The van der Waals surface area contributed by atoms with Gasteiger partial charge in [-0.05, 0) is 48.9 Å². The van der Waals surface area contributed by atoms with Crippen molar-refractivity contribution in [3.8, 4) is 11.5 Å². The molecular formula is C21H21NO7. The average Bonchev–Trinajstić information content (AvgIpc) is 2.67. The minimum absolute atomic E-state index is 0.0781. The van der Waals surface area contributed by atoms with Gasteiger partial charge in [-0.3, -0.25) is 10.1 Å². The number of ether oxygens (including phenoxy) is 2. The number of benzene rings is 2. The summed E-state index contributed by atoms with van der Waals surface area (Å²) in [5, 5.41) is 21.3. The Labute approximate surface area is 167 Å². The second-order valence-electron chi connectivity index (χ2n) is 6.06. The Bertz CT molecular complexity index is 919. The number of ketones is 1. The molecule has 0 heterocycles. The van der Waals surface area contributed by atoms with E-state index in [1.54, 1.807) is 30.3 Å². The summed E-state index contributed by atoms with van der Waals surface area (Å²) in [7, 11) is 1.41. The third-order valence-electron chi connectivity index (χ3n) is 3.97. The molecule has 0 aliphatic heterocycles. The molecule has 0 spiro atoms. The molecule has 1 atom stereocenters. The van der Waals surface area contributed by atoms with Crippen molar-refractivity contribution >= 4 is 23.5 Å². The van der Waals surface area contributed by atoms with Crippen LogP contribution >= 0.6 is 0 Å². The van der Waals surface area contributed by atoms with Gasteiger partial charge in [0.25, 0.3) is 0 Å². The first-order valence-electron chi connectivity index (χ1n) is 8.65. The predicted molar refractivity (Wildman–Crippen MR) is 105 cm³/mol. The van der Waals surface area contributed by atoms with Gasteiger partial charge in [-0.1, -0.05) is 12.1 Å². The second kappa shape index (κ2) is 9.93. The molecule has 29 heavy (non-hydrogen) atoms. The van der Waals surface area contributed by atoms with Gasteiger partial charge in [-0.2, -0.15) is 0 Å². The number of carboxylic acids is 1. The summed E-state index contributed by atoms with van der Waals surface area (Å²) in [6, 6.07) is 10.8. The SMILES string of the molecule is COc1ccc([C@@H](C/C=C/C(=O)O)OC(=O)Nc2ccc(C(C)=O)cc2)cc1O. The number of aliphatic carboxylic acids is 1. The van der Waals surface area contributed by atoms with E-state index in [1.165, 1.54) is 32.2 Å². The van der Waals surface area contributed by atoms with Crippen LogP contribution in [-0.4, -0.2) is 35.2 Å². The normalized spacial score (nSPS) is 11.7. The number of phenols is 1. The van der Waals surface area contributed by atoms with Gasteiger partial charge in [-0.15, -0.1) is 0 Å². The molecule has 2 rings (SSSR count). The van der Waals surface area contributed by atoms with Crippen LogP contribution in [0, 0.1) is 0 Å². The van der Waals surface area contributed by atoms with Crippen LogP contribution in [0.4, 0.5) is 10.5 Å². The number of phenolic OH excluding ortho intramolecular Hbond substituents is 1. The molecule has 2 aromatic carbocycles. The Morgan fingerprint density at radius 3 is 2.38 bits per heavy atom. The fraction of sp³-hybridized carbons (Fsp3) is 0.190. The molecule has 0 saturated heterocycles. The smallest absolute Gasteiger partial charge is 0.412 e. The molecule has 1 amide bonds. The van der Waals surface area contributed by atoms with Crippen LogP contribution in [0.3, 0.4) is 0 Å². The van der Waals surface area contributed by atoms with Gasteiger partial charge in [-0.25, -0.2) is 9.59 Å². The fourth-order valence-corrected chi connectivity index (χ4v) is 2.52. The lowest BCUT2D eigenvalue weighted by molar-refractivity contribution is -0.131. The topological polar surface area (TPSA) is 122 Å². The standard InChI is InChI=1S/C21H21NO7/c1-13(23)14-6-9-16(10-7-14)22-21(27)29-18(4-3-5-20(25)26)15-8-11-19(28-2)17(24)12-15/h3,5-12,18,24H,4H2,1-2H3,(H,22,27)(H,25,26)/b5-3+/t18-/m1/s1. The van der Waals surface area contributed by atoms with Crippen LogP contribution in [0.2, 0.25) is 0 Å². The Morgan fingerprint density at radius 1 is 1.14 bits per heavy atom. The molecular weight excluding hydrogens is 378 g/mol. The summed E-state index contributed by atoms with van der Waals surface area (Å²) in [5.74, 6) is -1.11. The lowest BCUT2D eigenvalue weighted by Crippen LogP contribution is -2.17. The number of rotatable bonds is 8. The highest BCUT2D eigenvalue weighted by molar-refractivity contribution is 5.95. The number of carboxylic acid groups (broad SMARTS) is 1. The lowest BCUT2D eigenvalue weighted by atomic mass is 10.1. The number of carbonyl (C=O) groups is 3. The van der Waals surface area contributed by atoms with Crippen LogP contribution < -0.4 is 10.1 Å². The molecule has 0 bridgehead atoms. The molecule has 0 fully saturated rings. The van der Waals surface area contributed by atoms with E-state index in [0.29, 0.717) is 16.8 Å². The Kier molecular flexibility index (Phi) is 7.36. The number of aromatic hydroxyl groups is 1. The van der Waals surface area contributed by atoms with E-state index in [2.05, 4.69) is 5.32 Å². The van der Waals surface area contributed by atoms with Crippen LogP contribution in [0.15, 0.2) is 54.6 Å². The van der Waals surface area contributed by atoms with E-state index < -0.39 is 18.2 Å². The van der Waals surface area contributed by atoms with Crippen molar-refractivity contribution in [1.29, 1.82) is 0 Å². The number of hydrogen-bond donors (Lipinski definition) is 3. The number of Topliss-reactive ketones (excluding diaryl/α,β-unsaturated/α-hetero) is 1. The zero-order chi connectivity index (χ0) is 21.4. The van der Waals surface area contributed by atoms with Crippen molar-refractivity contribution in [2.24, 2.45) is 0 Å². The zero-order valence-corrected chi connectivity index (χ0v) is 15.9. The van der Waals surface area contributed by atoms with Crippen LogP contribution in [-0.2, 0) is 9.53 Å². The van der Waals surface area contributed by atoms with Crippen molar-refractivity contribution < 1.29 is 34.1 Å². The quantitative estimate of drug-likeness (QED) is 0.454. The summed E-state index contributed by atoms with van der Waals surface area (Å²) >= 11 is 0. The Morgan fingerprint density at radius 2 is 1.83 bits per heavy atom. The first-order valence-corrected chi connectivity index (χ1v) is 8.65. The Balaban J connectivity index is 2.15. The third kappa shape index (κ3) is 6.39. The van der Waals surface area contributed by atoms with Gasteiger partial charge >= 0.3 is 12.1 Å². The summed E-state index contributed by atoms with van der Waals surface area (Å²) in [6.07, 6.45) is 0.749. The molecule has 0 aliphatic rings. The highest BCUT2D eigenvalue weighted by Gasteiger charge is 2.18. The van der Waals surface area contributed by atoms with Crippen molar-refractivity contribution in [3.63, 3.8) is 0 Å². The molecule has 0 aromatic heterocycles. The van der Waals surface area contributed by atoms with Gasteiger partial charge in [0.2, 0.25) is 0 Å². The van der Waals surface area contributed by atoms with Crippen molar-refractivity contribution in [3.05, 3.63) is 65.7 Å². The van der Waals surface area contributed by atoms with E-state index in [4.69, 9.17) is 14.6 Å². The van der Waals surface area contributed by atoms with E-state index in [0.717, 1.165) is 6.08 Å². The van der Waals surface area contributed by atoms with E-state index in [9.17, 15) is 19.5 Å². The first kappa shape index (κ1) is 21.5. The zero-order valence-electron chi connectivity index (χ0n) is 15.9. The minimum atomic E-state index is -1.13. The first-order chi connectivity index (χ1) is 13.8. The van der Waals surface area contributed by atoms with Gasteiger partial charge in [0.05, 0.1) is 7.11 Å². The maximum atomic E-state index is 12.3. The maximum absolute atomic E-state index is 12.3. The van der Waals surface area contributed by atoms with Crippen LogP contribution in [0.5, 0.6) is 11.5 Å². The van der Waals surface area contributed by atoms with Crippen molar-refractivity contribution in [2.45, 2.75) is 19.4 Å². The molecule has 152 valence electrons. The average molecular weight is 399 g/mol. The molecule has 0 aliphatic carbocycles. The summed E-state index contributed by atoms with van der Waals surface area (Å²) in [6.45, 7) is 1.44. The molecule has 2 aromatic rings. The lowest BCUT2D eigenvalue weighted by Gasteiger charge is -2.18. The van der Waals surface area contributed by atoms with Gasteiger partial charge in [0.15, 0.2) is 17.3 Å². The van der Waals surface area contributed by atoms with Gasteiger partial charge < -0.3 is 19.7 Å². The fourth-order valence-electron chi connectivity index (χ4n) is 2.52. The molecule has 3 N–H and O–H groups in total. The highest BCUT2D eigenvalue weighted by Crippen LogP contribution is 2.32. The number of anilines is 1. The third-order valence-corrected chi connectivity index (χ3v) is 3.97. The van der Waals surface area contributed by atoms with Crippen molar-refractivity contribution in [2.75, 3.05) is 12.4 Å². The maximum Gasteiger partial charge on any atom is 0.412 e. The van der Waals surface area contributed by atoms with E-state index in [-0.39, 0.29) is 23.7 Å². The van der Waals surface area contributed by atoms with Crippen LogP contribution in [0.25, 0.3) is 0 Å². The Hall–Kier alpha value is -3.81. The number of methoxy groups -OCH3 is 1. The molecule has 0 saturated carbocycles.